The number of carbonyl (C=O) groups excluding carboxylic acids is 1. The number of hydrogen-bond acceptors (Lipinski definition) is 3. The van der Waals surface area contributed by atoms with Crippen molar-refractivity contribution in [2.75, 3.05) is 0 Å². The van der Waals surface area contributed by atoms with Gasteiger partial charge in [-0.3, -0.25) is 9.78 Å². The van der Waals surface area contributed by atoms with Crippen LogP contribution in [0, 0.1) is 11.3 Å². The minimum atomic E-state index is -0.847. The molecule has 0 aliphatic rings. The predicted molar refractivity (Wildman–Crippen MR) is 76.1 cm³/mol. The molecule has 0 radical (unpaired) electrons. The molecule has 0 saturated carbocycles. The fourth-order valence-electron chi connectivity index (χ4n) is 1.69. The second-order valence-corrected chi connectivity index (χ2v) is 5.12. The van der Waals surface area contributed by atoms with Crippen LogP contribution in [0.1, 0.15) is 21.8 Å². The molecule has 19 heavy (non-hydrogen) atoms. The van der Waals surface area contributed by atoms with Gasteiger partial charge in [-0.1, -0.05) is 11.6 Å². The van der Waals surface area contributed by atoms with Crippen molar-refractivity contribution in [2.24, 2.45) is 0 Å². The summed E-state index contributed by atoms with van der Waals surface area (Å²) in [6.45, 7) is 0. The molecule has 0 aliphatic carbocycles. The highest BCUT2D eigenvalue weighted by Crippen LogP contribution is 2.27. The molecule has 1 heterocycles. The Morgan fingerprint density at radius 1 is 1.32 bits per heavy atom. The van der Waals surface area contributed by atoms with Gasteiger partial charge in [0, 0.05) is 27.5 Å². The van der Waals surface area contributed by atoms with Gasteiger partial charge in [0.15, 0.2) is 5.78 Å². The van der Waals surface area contributed by atoms with Gasteiger partial charge in [0.25, 0.3) is 0 Å². The first-order valence-corrected chi connectivity index (χ1v) is 6.59. The van der Waals surface area contributed by atoms with E-state index >= 15 is 0 Å². The van der Waals surface area contributed by atoms with Gasteiger partial charge in [-0.2, -0.15) is 5.26 Å². The van der Waals surface area contributed by atoms with Crippen molar-refractivity contribution in [3.63, 3.8) is 0 Å². The number of rotatable bonds is 3. The van der Waals surface area contributed by atoms with Crippen LogP contribution in [-0.2, 0) is 0 Å². The van der Waals surface area contributed by atoms with Gasteiger partial charge in [0.05, 0.1) is 6.07 Å². The van der Waals surface area contributed by atoms with E-state index in [2.05, 4.69) is 20.9 Å². The molecule has 0 fully saturated rings. The van der Waals surface area contributed by atoms with E-state index in [-0.39, 0.29) is 5.78 Å². The first kappa shape index (κ1) is 13.7. The van der Waals surface area contributed by atoms with Crippen molar-refractivity contribution < 1.29 is 4.79 Å². The average molecular weight is 336 g/mol. The summed E-state index contributed by atoms with van der Waals surface area (Å²) in [5.74, 6) is -1.11. The van der Waals surface area contributed by atoms with Gasteiger partial charge in [-0.05, 0) is 51.8 Å². The van der Waals surface area contributed by atoms with E-state index in [1.807, 2.05) is 6.07 Å². The lowest BCUT2D eigenvalue weighted by atomic mass is 9.92. The Kier molecular flexibility index (Phi) is 4.31. The molecule has 1 aromatic heterocycles. The average Bonchev–Trinajstić information content (AvgIpc) is 2.40. The molecule has 3 nitrogen and oxygen atoms in total. The van der Waals surface area contributed by atoms with Gasteiger partial charge in [-0.25, -0.2) is 0 Å². The summed E-state index contributed by atoms with van der Waals surface area (Å²) in [4.78, 5) is 16.3. The van der Waals surface area contributed by atoms with Crippen LogP contribution in [0.3, 0.4) is 0 Å². The second-order valence-electron chi connectivity index (χ2n) is 3.83. The van der Waals surface area contributed by atoms with E-state index in [0.717, 1.165) is 0 Å². The van der Waals surface area contributed by atoms with Crippen LogP contribution in [0.25, 0.3) is 0 Å². The molecular weight excluding hydrogens is 328 g/mol. The number of hydrogen-bond donors (Lipinski definition) is 0. The number of nitriles is 1. The normalized spacial score (nSPS) is 11.6. The summed E-state index contributed by atoms with van der Waals surface area (Å²) in [7, 11) is 0. The summed E-state index contributed by atoms with van der Waals surface area (Å²) in [5, 5.41) is 9.75. The molecule has 0 saturated heterocycles. The molecule has 1 unspecified atom stereocenters. The standard InChI is InChI=1S/C14H8BrClN2O/c15-13-7-10(16)1-2-11(13)14(19)12(8-17)9-3-5-18-6-4-9/h1-7,12H. The molecule has 1 aromatic carbocycles. The molecule has 0 aliphatic heterocycles. The lowest BCUT2D eigenvalue weighted by molar-refractivity contribution is 0.0978. The van der Waals surface area contributed by atoms with Gasteiger partial charge in [-0.15, -0.1) is 0 Å². The zero-order chi connectivity index (χ0) is 13.8. The van der Waals surface area contributed by atoms with E-state index in [9.17, 15) is 10.1 Å². The van der Waals surface area contributed by atoms with Crippen molar-refractivity contribution >= 4 is 33.3 Å². The van der Waals surface area contributed by atoms with E-state index in [4.69, 9.17) is 11.6 Å². The van der Waals surface area contributed by atoms with Crippen LogP contribution in [0.2, 0.25) is 5.02 Å². The fourth-order valence-corrected chi connectivity index (χ4v) is 2.56. The highest BCUT2D eigenvalue weighted by atomic mass is 79.9. The fraction of sp³-hybridized carbons (Fsp3) is 0.0714. The summed E-state index contributed by atoms with van der Waals surface area (Å²) < 4.78 is 0.583. The Balaban J connectivity index is 2.40. The zero-order valence-corrected chi connectivity index (χ0v) is 12.0. The largest absolute Gasteiger partial charge is 0.292 e. The highest BCUT2D eigenvalue weighted by molar-refractivity contribution is 9.10. The zero-order valence-electron chi connectivity index (χ0n) is 9.68. The molecule has 0 spiro atoms. The third kappa shape index (κ3) is 3.01. The van der Waals surface area contributed by atoms with Crippen LogP contribution in [0.4, 0.5) is 0 Å². The summed E-state index contributed by atoms with van der Waals surface area (Å²) in [6, 6.07) is 10.2. The van der Waals surface area contributed by atoms with Crippen LogP contribution < -0.4 is 0 Å². The first-order chi connectivity index (χ1) is 9.13. The Morgan fingerprint density at radius 3 is 2.58 bits per heavy atom. The Hall–Kier alpha value is -1.70. The maximum atomic E-state index is 12.4. The maximum absolute atomic E-state index is 12.4. The van der Waals surface area contributed by atoms with E-state index < -0.39 is 5.92 Å². The summed E-state index contributed by atoms with van der Waals surface area (Å²) in [5.41, 5.74) is 1.07. The number of nitrogens with zero attached hydrogens (tertiary/aromatic N) is 2. The monoisotopic (exact) mass is 334 g/mol. The molecular formula is C14H8BrClN2O. The lowest BCUT2D eigenvalue weighted by Gasteiger charge is -2.10. The molecule has 5 heteroatoms. The van der Waals surface area contributed by atoms with Gasteiger partial charge >= 0.3 is 0 Å². The van der Waals surface area contributed by atoms with Crippen molar-refractivity contribution in [1.29, 1.82) is 5.26 Å². The number of carbonyl (C=O) groups is 1. The number of benzene rings is 1. The van der Waals surface area contributed by atoms with Crippen LogP contribution in [0.5, 0.6) is 0 Å². The number of Topliss-reactive ketones (excluding diaryl/α,β-unsaturated/α-hetero) is 1. The molecule has 2 aromatic rings. The predicted octanol–water partition coefficient (Wildman–Crippen LogP) is 3.99. The number of pyridine rings is 1. The Morgan fingerprint density at radius 2 is 2.00 bits per heavy atom. The molecule has 94 valence electrons. The third-order valence-corrected chi connectivity index (χ3v) is 3.52. The van der Waals surface area contributed by atoms with Crippen LogP contribution in [0.15, 0.2) is 47.2 Å². The van der Waals surface area contributed by atoms with Crippen molar-refractivity contribution in [3.8, 4) is 6.07 Å². The van der Waals surface area contributed by atoms with Crippen molar-refractivity contribution in [3.05, 3.63) is 63.3 Å². The lowest BCUT2D eigenvalue weighted by Crippen LogP contribution is -2.12. The maximum Gasteiger partial charge on any atom is 0.185 e. The van der Waals surface area contributed by atoms with Gasteiger partial charge in [0.1, 0.15) is 5.92 Å². The minimum absolute atomic E-state index is 0.266. The van der Waals surface area contributed by atoms with E-state index in [1.165, 1.54) is 0 Å². The number of ketones is 1. The first-order valence-electron chi connectivity index (χ1n) is 5.42. The highest BCUT2D eigenvalue weighted by Gasteiger charge is 2.23. The molecule has 1 atom stereocenters. The summed E-state index contributed by atoms with van der Waals surface area (Å²) >= 11 is 9.13. The van der Waals surface area contributed by atoms with E-state index in [0.29, 0.717) is 20.6 Å². The quantitative estimate of drug-likeness (QED) is 0.797. The number of aromatic nitrogens is 1. The van der Waals surface area contributed by atoms with Gasteiger partial charge in [0.2, 0.25) is 0 Å². The smallest absolute Gasteiger partial charge is 0.185 e. The van der Waals surface area contributed by atoms with Gasteiger partial charge < -0.3 is 0 Å². The molecule has 0 bridgehead atoms. The molecule has 0 N–H and O–H groups in total. The number of halogens is 2. The topological polar surface area (TPSA) is 53.8 Å². The Bertz CT molecular complexity index is 652. The van der Waals surface area contributed by atoms with Crippen LogP contribution >= 0.6 is 27.5 Å². The molecule has 2 rings (SSSR count). The SMILES string of the molecule is N#CC(C(=O)c1ccc(Cl)cc1Br)c1ccncc1. The minimum Gasteiger partial charge on any atom is -0.292 e. The van der Waals surface area contributed by atoms with Crippen molar-refractivity contribution in [2.45, 2.75) is 5.92 Å². The Labute approximate surface area is 124 Å². The third-order valence-electron chi connectivity index (χ3n) is 2.63. The van der Waals surface area contributed by atoms with E-state index in [1.54, 1.807) is 42.7 Å². The van der Waals surface area contributed by atoms with Crippen molar-refractivity contribution in [1.82, 2.24) is 4.98 Å². The second kappa shape index (κ2) is 5.96. The van der Waals surface area contributed by atoms with Crippen LogP contribution in [-0.4, -0.2) is 10.8 Å². The summed E-state index contributed by atoms with van der Waals surface area (Å²) in [6.07, 6.45) is 3.12. The molecule has 0 amide bonds.